The zero-order chi connectivity index (χ0) is 41.9. The van der Waals surface area contributed by atoms with Gasteiger partial charge in [0.1, 0.15) is 0 Å². The van der Waals surface area contributed by atoms with Crippen molar-refractivity contribution in [2.75, 3.05) is 0 Å². The zero-order valence-corrected chi connectivity index (χ0v) is 41.9. The fraction of sp³-hybridized carbons (Fsp3) is 1.00. The van der Waals surface area contributed by atoms with Crippen molar-refractivity contribution in [1.82, 2.24) is 0 Å². The Hall–Kier alpha value is 0. The standard InChI is InChI=1S/2C26H54.2C2H6.2CH4/c2*1-3-5-7-9-11-13-15-17-19-21-23-25-26-24-22-20-18-16-14-12-10-8-6-4-2;2*1-2;;/h2*3-26H2,1-2H3;2*1-2H3;2*1H4. The van der Waals surface area contributed by atoms with Crippen LogP contribution < -0.4 is 0 Å². The lowest BCUT2D eigenvalue weighted by Crippen LogP contribution is -1.84. The largest absolute Gasteiger partial charge is 0.0776 e. The number of rotatable bonds is 46. The highest BCUT2D eigenvalue weighted by atomic mass is 14.0. The van der Waals surface area contributed by atoms with Gasteiger partial charge in [0.2, 0.25) is 0 Å². The normalized spacial score (nSPS) is 10.3. The van der Waals surface area contributed by atoms with Gasteiger partial charge in [0, 0.05) is 0 Å². The van der Waals surface area contributed by atoms with Crippen molar-refractivity contribution in [2.45, 2.75) is 378 Å². The van der Waals surface area contributed by atoms with Crippen molar-refractivity contribution in [3.05, 3.63) is 0 Å². The Morgan fingerprint density at radius 1 is 0.121 bits per heavy atom. The first-order valence-electron chi connectivity index (χ1n) is 27.8. The van der Waals surface area contributed by atoms with Gasteiger partial charge in [-0.05, 0) is 0 Å². The lowest BCUT2D eigenvalue weighted by Gasteiger charge is -2.04. The molecule has 0 aliphatic rings. The lowest BCUT2D eigenvalue weighted by molar-refractivity contribution is 0.518. The van der Waals surface area contributed by atoms with E-state index in [0.717, 1.165) is 0 Å². The minimum absolute atomic E-state index is 0. The molecule has 0 spiro atoms. The molecule has 360 valence electrons. The van der Waals surface area contributed by atoms with Gasteiger partial charge in [0.05, 0.1) is 0 Å². The lowest BCUT2D eigenvalue weighted by atomic mass is 10.0. The molecular weight excluding hydrogens is 697 g/mol. The van der Waals surface area contributed by atoms with Crippen molar-refractivity contribution in [3.8, 4) is 0 Å². The zero-order valence-electron chi connectivity index (χ0n) is 41.9. The summed E-state index contributed by atoms with van der Waals surface area (Å²) in [5, 5.41) is 0. The summed E-state index contributed by atoms with van der Waals surface area (Å²) in [6.07, 6.45) is 70.8. The van der Waals surface area contributed by atoms with Crippen LogP contribution in [0.15, 0.2) is 0 Å². The highest BCUT2D eigenvalue weighted by Gasteiger charge is 1.98. The fourth-order valence-corrected chi connectivity index (χ4v) is 8.07. The Morgan fingerprint density at radius 3 is 0.224 bits per heavy atom. The van der Waals surface area contributed by atoms with Gasteiger partial charge in [-0.15, -0.1) is 0 Å². The maximum atomic E-state index is 2.30. The molecule has 0 unspecified atom stereocenters. The van der Waals surface area contributed by atoms with Crippen LogP contribution >= 0.6 is 0 Å². The van der Waals surface area contributed by atoms with E-state index in [2.05, 4.69) is 27.7 Å². The third-order valence-corrected chi connectivity index (χ3v) is 11.9. The van der Waals surface area contributed by atoms with Gasteiger partial charge in [-0.3, -0.25) is 0 Å². The van der Waals surface area contributed by atoms with E-state index >= 15 is 0 Å². The molecule has 0 aromatic carbocycles. The molecule has 0 bridgehead atoms. The molecule has 0 amide bonds. The Balaban J connectivity index is -0.000000208. The monoisotopic (exact) mass is 825 g/mol. The molecule has 0 saturated heterocycles. The van der Waals surface area contributed by atoms with Crippen LogP contribution in [0.4, 0.5) is 0 Å². The van der Waals surface area contributed by atoms with E-state index in [-0.39, 0.29) is 14.9 Å². The Labute approximate surface area is 377 Å². The molecular formula is C58H128. The van der Waals surface area contributed by atoms with Gasteiger partial charge in [0.25, 0.3) is 0 Å². The van der Waals surface area contributed by atoms with Gasteiger partial charge in [-0.2, -0.15) is 0 Å². The summed E-state index contributed by atoms with van der Waals surface area (Å²) >= 11 is 0. The topological polar surface area (TPSA) is 0 Å². The molecule has 0 radical (unpaired) electrons. The summed E-state index contributed by atoms with van der Waals surface area (Å²) in [5.41, 5.74) is 0. The van der Waals surface area contributed by atoms with Crippen LogP contribution in [0.25, 0.3) is 0 Å². The first kappa shape index (κ1) is 69.7. The summed E-state index contributed by atoms with van der Waals surface area (Å²) in [7, 11) is 0. The Kier molecular flexibility index (Phi) is 93.2. The molecule has 0 N–H and O–H groups in total. The number of unbranched alkanes of at least 4 members (excludes halogenated alkanes) is 46. The quantitative estimate of drug-likeness (QED) is 0.0537. The first-order valence-corrected chi connectivity index (χ1v) is 27.8. The van der Waals surface area contributed by atoms with Crippen LogP contribution in [0.5, 0.6) is 0 Å². The first-order chi connectivity index (χ1) is 27.8. The predicted octanol–water partition coefficient (Wildman–Crippen LogP) is 24.1. The van der Waals surface area contributed by atoms with Gasteiger partial charge in [0.15, 0.2) is 0 Å². The van der Waals surface area contributed by atoms with Crippen molar-refractivity contribution >= 4 is 0 Å². The molecule has 0 nitrogen and oxygen atoms in total. The Bertz CT molecular complexity index is 440. The predicted molar refractivity (Wildman–Crippen MR) is 280 cm³/mol. The van der Waals surface area contributed by atoms with E-state index in [9.17, 15) is 0 Å². The molecule has 0 rings (SSSR count). The van der Waals surface area contributed by atoms with Crippen molar-refractivity contribution < 1.29 is 0 Å². The summed E-state index contributed by atoms with van der Waals surface area (Å²) in [6, 6.07) is 0. The van der Waals surface area contributed by atoms with Crippen LogP contribution in [0.1, 0.15) is 378 Å². The average molecular weight is 826 g/mol. The van der Waals surface area contributed by atoms with Gasteiger partial charge < -0.3 is 0 Å². The molecule has 58 heavy (non-hydrogen) atoms. The van der Waals surface area contributed by atoms with Crippen molar-refractivity contribution in [2.24, 2.45) is 0 Å². The molecule has 0 aromatic rings. The van der Waals surface area contributed by atoms with Crippen LogP contribution in [0, 0.1) is 0 Å². The van der Waals surface area contributed by atoms with E-state index in [1.807, 2.05) is 27.7 Å². The van der Waals surface area contributed by atoms with Gasteiger partial charge in [-0.1, -0.05) is 378 Å². The van der Waals surface area contributed by atoms with E-state index in [0.29, 0.717) is 0 Å². The van der Waals surface area contributed by atoms with E-state index < -0.39 is 0 Å². The third kappa shape index (κ3) is 80.1. The summed E-state index contributed by atoms with van der Waals surface area (Å²) in [5.74, 6) is 0. The molecule has 0 fully saturated rings. The minimum Gasteiger partial charge on any atom is -0.0776 e. The molecule has 0 saturated carbocycles. The van der Waals surface area contributed by atoms with E-state index in [1.54, 1.807) is 0 Å². The number of hydrogen-bond acceptors (Lipinski definition) is 0. The SMILES string of the molecule is C.C.CC.CC.CCCCCCCCCCCCCCCCCCCCCCCCCC.CCCCCCCCCCCCCCCCCCCCCCCCCC. The highest BCUT2D eigenvalue weighted by molar-refractivity contribution is 4.53. The second kappa shape index (κ2) is 77.6. The van der Waals surface area contributed by atoms with Gasteiger partial charge in [-0.25, -0.2) is 0 Å². The van der Waals surface area contributed by atoms with Crippen LogP contribution in [-0.2, 0) is 0 Å². The van der Waals surface area contributed by atoms with E-state index in [1.165, 1.54) is 308 Å². The molecule has 0 heterocycles. The second-order valence-electron chi connectivity index (χ2n) is 17.6. The molecule has 0 aliphatic heterocycles. The van der Waals surface area contributed by atoms with Gasteiger partial charge >= 0.3 is 0 Å². The van der Waals surface area contributed by atoms with Crippen molar-refractivity contribution in [1.29, 1.82) is 0 Å². The maximum absolute atomic E-state index is 2.30. The van der Waals surface area contributed by atoms with Crippen LogP contribution in [0.3, 0.4) is 0 Å². The Morgan fingerprint density at radius 2 is 0.172 bits per heavy atom. The molecule has 0 heteroatoms. The third-order valence-electron chi connectivity index (χ3n) is 11.9. The summed E-state index contributed by atoms with van der Waals surface area (Å²) in [6.45, 7) is 17.2. The summed E-state index contributed by atoms with van der Waals surface area (Å²) < 4.78 is 0. The van der Waals surface area contributed by atoms with Crippen LogP contribution in [0.2, 0.25) is 0 Å². The van der Waals surface area contributed by atoms with E-state index in [4.69, 9.17) is 0 Å². The molecule has 0 atom stereocenters. The maximum Gasteiger partial charge on any atom is -0.0533 e. The average Bonchev–Trinajstić information content (AvgIpc) is 3.23. The second-order valence-corrected chi connectivity index (χ2v) is 17.6. The number of hydrogen-bond donors (Lipinski definition) is 0. The highest BCUT2D eigenvalue weighted by Crippen LogP contribution is 2.17. The molecule has 0 aliphatic carbocycles. The smallest absolute Gasteiger partial charge is 0.0533 e. The van der Waals surface area contributed by atoms with Crippen molar-refractivity contribution in [3.63, 3.8) is 0 Å². The minimum atomic E-state index is 0. The fourth-order valence-electron chi connectivity index (χ4n) is 8.07. The summed E-state index contributed by atoms with van der Waals surface area (Å²) in [4.78, 5) is 0. The molecule has 0 aromatic heterocycles. The van der Waals surface area contributed by atoms with Crippen LogP contribution in [-0.4, -0.2) is 0 Å².